The third-order valence-corrected chi connectivity index (χ3v) is 5.05. The Morgan fingerprint density at radius 2 is 1.43 bits per heavy atom. The minimum absolute atomic E-state index is 0.349. The zero-order chi connectivity index (χ0) is 21.7. The van der Waals surface area contributed by atoms with Gasteiger partial charge in [-0.05, 0) is 34.6 Å². The molecule has 0 saturated heterocycles. The molecule has 0 unspecified atom stereocenters. The molecule has 0 spiro atoms. The number of carbonyl (C=O) groups excluding carboxylic acids is 1. The van der Waals surface area contributed by atoms with E-state index in [2.05, 4.69) is 45.9 Å². The van der Waals surface area contributed by atoms with Crippen molar-refractivity contribution >= 4 is 17.9 Å². The molecule has 0 aliphatic heterocycles. The Morgan fingerprint density at radius 1 is 0.833 bits per heavy atom. The molecular weight excluding hydrogens is 370 g/mol. The first kappa shape index (κ1) is 21.5. The van der Waals surface area contributed by atoms with Gasteiger partial charge < -0.3 is 4.74 Å². The van der Waals surface area contributed by atoms with Crippen molar-refractivity contribution < 1.29 is 9.53 Å². The Balaban J connectivity index is 2.14. The van der Waals surface area contributed by atoms with Gasteiger partial charge in [-0.1, -0.05) is 88.4 Å². The van der Waals surface area contributed by atoms with Crippen molar-refractivity contribution in [2.75, 3.05) is 0 Å². The van der Waals surface area contributed by atoms with Crippen molar-refractivity contribution in [2.45, 2.75) is 46.5 Å². The fraction of sp³-hybridized carbons (Fsp3) is 0.259. The van der Waals surface area contributed by atoms with Crippen molar-refractivity contribution in [3.63, 3.8) is 0 Å². The first-order valence-corrected chi connectivity index (χ1v) is 10.4. The van der Waals surface area contributed by atoms with Gasteiger partial charge in [-0.3, -0.25) is 9.79 Å². The number of carbonyl (C=O) groups is 1. The normalized spacial score (nSPS) is 11.4. The van der Waals surface area contributed by atoms with E-state index in [0.717, 1.165) is 22.4 Å². The molecule has 154 valence electrons. The van der Waals surface area contributed by atoms with Gasteiger partial charge in [0.15, 0.2) is 0 Å². The number of rotatable bonds is 6. The molecule has 0 aromatic heterocycles. The van der Waals surface area contributed by atoms with E-state index in [0.29, 0.717) is 17.6 Å². The fourth-order valence-electron chi connectivity index (χ4n) is 3.55. The molecule has 0 saturated carbocycles. The summed E-state index contributed by atoms with van der Waals surface area (Å²) in [5.41, 5.74) is 6.07. The second-order valence-electron chi connectivity index (χ2n) is 8.04. The van der Waals surface area contributed by atoms with Crippen LogP contribution < -0.4 is 4.74 Å². The molecule has 3 aromatic carbocycles. The van der Waals surface area contributed by atoms with Gasteiger partial charge in [0.05, 0.1) is 5.69 Å². The van der Waals surface area contributed by atoms with Crippen LogP contribution in [0, 0.1) is 0 Å². The Kier molecular flexibility index (Phi) is 6.83. The van der Waals surface area contributed by atoms with E-state index in [9.17, 15) is 4.79 Å². The number of ether oxygens (including phenoxy) is 1. The highest BCUT2D eigenvalue weighted by atomic mass is 16.5. The summed E-state index contributed by atoms with van der Waals surface area (Å²) < 4.78 is 5.64. The lowest BCUT2D eigenvalue weighted by atomic mass is 9.93. The average Bonchev–Trinajstić information content (AvgIpc) is 2.72. The first-order chi connectivity index (χ1) is 14.4. The summed E-state index contributed by atoms with van der Waals surface area (Å²) in [7, 11) is 0. The number of aliphatic imine (C=N–C) groups is 1. The van der Waals surface area contributed by atoms with Crippen LogP contribution in [0.5, 0.6) is 5.75 Å². The lowest BCUT2D eigenvalue weighted by Gasteiger charge is -2.16. The summed E-state index contributed by atoms with van der Waals surface area (Å²) in [4.78, 5) is 16.7. The highest BCUT2D eigenvalue weighted by molar-refractivity contribution is 5.92. The number of hydrogen-bond acceptors (Lipinski definition) is 3. The van der Waals surface area contributed by atoms with E-state index < -0.39 is 0 Å². The summed E-state index contributed by atoms with van der Waals surface area (Å²) in [5.74, 6) is 0.908. The maximum absolute atomic E-state index is 11.8. The summed E-state index contributed by atoms with van der Waals surface area (Å²) >= 11 is 0. The number of benzene rings is 3. The highest BCUT2D eigenvalue weighted by Gasteiger charge is 2.15. The second kappa shape index (κ2) is 9.53. The molecule has 0 N–H and O–H groups in total. The molecule has 3 nitrogen and oxygen atoms in total. The zero-order valence-corrected chi connectivity index (χ0v) is 18.3. The van der Waals surface area contributed by atoms with E-state index in [1.54, 1.807) is 0 Å². The molecule has 0 atom stereocenters. The quantitative estimate of drug-likeness (QED) is 0.248. The lowest BCUT2D eigenvalue weighted by molar-refractivity contribution is -0.131. The van der Waals surface area contributed by atoms with Crippen LogP contribution in [0.25, 0.3) is 11.1 Å². The maximum atomic E-state index is 11.8. The van der Waals surface area contributed by atoms with Crippen LogP contribution in [0.4, 0.5) is 5.69 Å². The molecule has 3 rings (SSSR count). The minimum atomic E-state index is -0.349. The molecule has 0 amide bonds. The van der Waals surface area contributed by atoms with Crippen molar-refractivity contribution in [2.24, 2.45) is 4.99 Å². The monoisotopic (exact) mass is 399 g/mol. The van der Waals surface area contributed by atoms with E-state index >= 15 is 0 Å². The smallest absolute Gasteiger partial charge is 0.308 e. The van der Waals surface area contributed by atoms with Crippen molar-refractivity contribution in [3.05, 3.63) is 83.4 Å². The zero-order valence-electron chi connectivity index (χ0n) is 18.3. The molecule has 0 aliphatic rings. The maximum Gasteiger partial charge on any atom is 0.308 e. The van der Waals surface area contributed by atoms with E-state index in [1.807, 2.05) is 54.7 Å². The number of hydrogen-bond donors (Lipinski definition) is 0. The minimum Gasteiger partial charge on any atom is -0.425 e. The van der Waals surface area contributed by atoms with Gasteiger partial charge in [-0.15, -0.1) is 0 Å². The molecule has 30 heavy (non-hydrogen) atoms. The van der Waals surface area contributed by atoms with Gasteiger partial charge in [0.25, 0.3) is 0 Å². The molecular formula is C27H29NO2. The summed E-state index contributed by atoms with van der Waals surface area (Å²) in [5, 5.41) is 0. The van der Waals surface area contributed by atoms with Gasteiger partial charge >= 0.3 is 5.97 Å². The molecule has 0 radical (unpaired) electrons. The van der Waals surface area contributed by atoms with Crippen molar-refractivity contribution in [1.29, 1.82) is 0 Å². The van der Waals surface area contributed by atoms with Crippen LogP contribution in [-0.2, 0) is 4.79 Å². The number of nitrogens with zero attached hydrogens (tertiary/aromatic N) is 1. The van der Waals surface area contributed by atoms with Crippen LogP contribution in [0.15, 0.2) is 71.7 Å². The van der Waals surface area contributed by atoms with E-state index in [4.69, 9.17) is 9.73 Å². The molecule has 0 fully saturated rings. The average molecular weight is 400 g/mol. The summed E-state index contributed by atoms with van der Waals surface area (Å²) in [6.07, 6.45) is 1.82. The highest BCUT2D eigenvalue weighted by Crippen LogP contribution is 2.36. The third-order valence-electron chi connectivity index (χ3n) is 5.05. The van der Waals surface area contributed by atoms with Gasteiger partial charge in [-0.25, -0.2) is 0 Å². The number of esters is 1. The SMILES string of the molecule is CC(=O)Oc1c(C=Nc2c(C(C)C)cccc2C(C)C)cccc1-c1ccccc1. The molecule has 3 aromatic rings. The van der Waals surface area contributed by atoms with Crippen LogP contribution in [0.1, 0.15) is 63.1 Å². The molecule has 0 heterocycles. The van der Waals surface area contributed by atoms with E-state index in [1.165, 1.54) is 18.1 Å². The Bertz CT molecular complexity index is 1020. The lowest BCUT2D eigenvalue weighted by Crippen LogP contribution is -2.05. The molecule has 0 bridgehead atoms. The fourth-order valence-corrected chi connectivity index (χ4v) is 3.55. The Labute approximate surface area is 179 Å². The van der Waals surface area contributed by atoms with Crippen LogP contribution in [0.2, 0.25) is 0 Å². The van der Waals surface area contributed by atoms with Crippen molar-refractivity contribution in [3.8, 4) is 16.9 Å². The Morgan fingerprint density at radius 3 is 2.00 bits per heavy atom. The predicted octanol–water partition coefficient (Wildman–Crippen LogP) is 7.28. The molecule has 3 heteroatoms. The van der Waals surface area contributed by atoms with Gasteiger partial charge in [0, 0.05) is 24.3 Å². The molecule has 0 aliphatic carbocycles. The van der Waals surface area contributed by atoms with Crippen LogP contribution in [-0.4, -0.2) is 12.2 Å². The summed E-state index contributed by atoms with van der Waals surface area (Å²) in [6.45, 7) is 10.1. The summed E-state index contributed by atoms with van der Waals surface area (Å²) in [6, 6.07) is 22.2. The van der Waals surface area contributed by atoms with Gasteiger partial charge in [0.1, 0.15) is 5.75 Å². The second-order valence-corrected chi connectivity index (χ2v) is 8.04. The van der Waals surface area contributed by atoms with Crippen molar-refractivity contribution in [1.82, 2.24) is 0 Å². The van der Waals surface area contributed by atoms with Crippen LogP contribution >= 0.6 is 0 Å². The van der Waals surface area contributed by atoms with E-state index in [-0.39, 0.29) is 5.97 Å². The third kappa shape index (κ3) is 4.85. The first-order valence-electron chi connectivity index (χ1n) is 10.4. The Hall–Kier alpha value is -3.20. The van der Waals surface area contributed by atoms with Gasteiger partial charge in [0.2, 0.25) is 0 Å². The number of para-hydroxylation sites is 2. The van der Waals surface area contributed by atoms with Crippen LogP contribution in [0.3, 0.4) is 0 Å². The topological polar surface area (TPSA) is 38.7 Å². The largest absolute Gasteiger partial charge is 0.425 e. The predicted molar refractivity (Wildman–Crippen MR) is 125 cm³/mol. The van der Waals surface area contributed by atoms with Gasteiger partial charge in [-0.2, -0.15) is 0 Å². The standard InChI is InChI=1S/C27H29NO2/c1-18(2)23-14-10-15-24(19(3)4)26(23)28-17-22-13-9-16-25(27(22)30-20(5)29)21-11-7-6-8-12-21/h6-19H,1-5H3.